The zero-order valence-electron chi connectivity index (χ0n) is 12.5. The van der Waals surface area contributed by atoms with Crippen LogP contribution in [0.1, 0.15) is 39.0 Å². The van der Waals surface area contributed by atoms with E-state index in [0.29, 0.717) is 21.8 Å². The maximum Gasteiger partial charge on any atom is 0.241 e. The maximum atomic E-state index is 12.4. The molecule has 3 nitrogen and oxygen atoms in total. The van der Waals surface area contributed by atoms with Gasteiger partial charge in [0.25, 0.3) is 0 Å². The molecular weight excluding hydrogens is 307 g/mol. The van der Waals surface area contributed by atoms with Crippen molar-refractivity contribution in [1.82, 2.24) is 4.90 Å². The van der Waals surface area contributed by atoms with E-state index < -0.39 is 0 Å². The van der Waals surface area contributed by atoms with Crippen molar-refractivity contribution in [3.63, 3.8) is 0 Å². The molecule has 0 unspecified atom stereocenters. The van der Waals surface area contributed by atoms with Crippen LogP contribution in [0.3, 0.4) is 0 Å². The van der Waals surface area contributed by atoms with Crippen LogP contribution in [0.15, 0.2) is 18.2 Å². The summed E-state index contributed by atoms with van der Waals surface area (Å²) in [6, 6.07) is 5.41. The second kappa shape index (κ2) is 7.48. The monoisotopic (exact) mass is 328 g/mol. The molecule has 21 heavy (non-hydrogen) atoms. The summed E-state index contributed by atoms with van der Waals surface area (Å²) in [4.78, 5) is 14.6. The molecule has 1 fully saturated rings. The van der Waals surface area contributed by atoms with Crippen molar-refractivity contribution in [2.24, 2.45) is 0 Å². The first kappa shape index (κ1) is 16.6. The zero-order valence-corrected chi connectivity index (χ0v) is 14.0. The second-order valence-corrected chi connectivity index (χ2v) is 6.59. The number of nitrogens with one attached hydrogen (secondary N) is 1. The normalized spacial score (nSPS) is 17.8. The molecule has 0 spiro atoms. The van der Waals surface area contributed by atoms with Crippen LogP contribution in [0.5, 0.6) is 0 Å². The Labute approximate surface area is 136 Å². The average molecular weight is 329 g/mol. The summed E-state index contributed by atoms with van der Waals surface area (Å²) < 4.78 is 0. The SMILES string of the molecule is C[C@@H](C(=O)Nc1ccc(Cl)cc1Cl)N(C)C1CCCCC1. The maximum absolute atomic E-state index is 12.4. The fraction of sp³-hybridized carbons (Fsp3) is 0.562. The number of carbonyl (C=O) groups is 1. The molecular formula is C16H22Cl2N2O. The van der Waals surface area contributed by atoms with Crippen LogP contribution < -0.4 is 5.32 Å². The molecule has 0 radical (unpaired) electrons. The minimum absolute atomic E-state index is 0.0349. The lowest BCUT2D eigenvalue weighted by molar-refractivity contribution is -0.121. The first-order valence-corrected chi connectivity index (χ1v) is 8.22. The standard InChI is InChI=1S/C16H22Cl2N2O/c1-11(20(2)13-6-4-3-5-7-13)16(21)19-15-9-8-12(17)10-14(15)18/h8-11,13H,3-7H2,1-2H3,(H,19,21)/t11-/m0/s1. The van der Waals surface area contributed by atoms with Crippen molar-refractivity contribution in [2.45, 2.75) is 51.1 Å². The van der Waals surface area contributed by atoms with Gasteiger partial charge in [0, 0.05) is 11.1 Å². The molecule has 0 bridgehead atoms. The number of carbonyl (C=O) groups excluding carboxylic acids is 1. The number of nitrogens with zero attached hydrogens (tertiary/aromatic N) is 1. The zero-order chi connectivity index (χ0) is 15.4. The van der Waals surface area contributed by atoms with Crippen molar-refractivity contribution >= 4 is 34.8 Å². The van der Waals surface area contributed by atoms with Crippen LogP contribution in [-0.4, -0.2) is 29.9 Å². The van der Waals surface area contributed by atoms with E-state index in [1.807, 2.05) is 14.0 Å². The van der Waals surface area contributed by atoms with E-state index in [1.165, 1.54) is 32.1 Å². The smallest absolute Gasteiger partial charge is 0.241 e. The number of halogens is 2. The van der Waals surface area contributed by atoms with Crippen LogP contribution in [0.2, 0.25) is 10.0 Å². The second-order valence-electron chi connectivity index (χ2n) is 5.75. The molecule has 1 aliphatic rings. The molecule has 1 aliphatic carbocycles. The van der Waals surface area contributed by atoms with E-state index in [1.54, 1.807) is 18.2 Å². The predicted octanol–water partition coefficient (Wildman–Crippen LogP) is 4.58. The Morgan fingerprint density at radius 2 is 1.95 bits per heavy atom. The molecule has 5 heteroatoms. The van der Waals surface area contributed by atoms with Crippen molar-refractivity contribution in [3.8, 4) is 0 Å². The molecule has 1 aromatic rings. The van der Waals surface area contributed by atoms with Gasteiger partial charge in [-0.15, -0.1) is 0 Å². The molecule has 0 heterocycles. The highest BCUT2D eigenvalue weighted by molar-refractivity contribution is 6.36. The van der Waals surface area contributed by atoms with Gasteiger partial charge in [-0.25, -0.2) is 0 Å². The van der Waals surface area contributed by atoms with Gasteiger partial charge in [-0.2, -0.15) is 0 Å². The number of anilines is 1. The van der Waals surface area contributed by atoms with E-state index >= 15 is 0 Å². The Bertz CT molecular complexity index is 501. The van der Waals surface area contributed by atoms with Crippen LogP contribution >= 0.6 is 23.2 Å². The Morgan fingerprint density at radius 3 is 2.57 bits per heavy atom. The number of likely N-dealkylation sites (N-methyl/N-ethyl adjacent to an activating group) is 1. The lowest BCUT2D eigenvalue weighted by atomic mass is 9.93. The van der Waals surface area contributed by atoms with Crippen LogP contribution in [-0.2, 0) is 4.79 Å². The van der Waals surface area contributed by atoms with Crippen molar-refractivity contribution in [3.05, 3.63) is 28.2 Å². The van der Waals surface area contributed by atoms with Crippen LogP contribution in [0.25, 0.3) is 0 Å². The molecule has 1 N–H and O–H groups in total. The number of hydrogen-bond donors (Lipinski definition) is 1. The third-order valence-corrected chi connectivity index (χ3v) is 4.88. The van der Waals surface area contributed by atoms with Gasteiger partial charge >= 0.3 is 0 Å². The molecule has 2 rings (SSSR count). The minimum atomic E-state index is -0.181. The third kappa shape index (κ3) is 4.35. The molecule has 0 aromatic heterocycles. The van der Waals surface area contributed by atoms with Crippen LogP contribution in [0.4, 0.5) is 5.69 Å². The van der Waals surface area contributed by atoms with Gasteiger partial charge in [0.05, 0.1) is 16.8 Å². The highest BCUT2D eigenvalue weighted by atomic mass is 35.5. The Balaban J connectivity index is 1.98. The molecule has 1 saturated carbocycles. The average Bonchev–Trinajstić information content (AvgIpc) is 2.49. The fourth-order valence-corrected chi connectivity index (χ4v) is 3.27. The van der Waals surface area contributed by atoms with Gasteiger partial charge in [0.1, 0.15) is 0 Å². The van der Waals surface area contributed by atoms with Crippen molar-refractivity contribution in [2.75, 3.05) is 12.4 Å². The summed E-state index contributed by atoms with van der Waals surface area (Å²) in [7, 11) is 2.03. The molecule has 1 atom stereocenters. The van der Waals surface area contributed by atoms with Crippen molar-refractivity contribution < 1.29 is 4.79 Å². The topological polar surface area (TPSA) is 32.3 Å². The molecule has 0 saturated heterocycles. The highest BCUT2D eigenvalue weighted by Gasteiger charge is 2.26. The number of amides is 1. The predicted molar refractivity (Wildman–Crippen MR) is 89.2 cm³/mol. The number of benzene rings is 1. The van der Waals surface area contributed by atoms with Gasteiger partial charge in [0.2, 0.25) is 5.91 Å². The number of rotatable bonds is 4. The molecule has 0 aliphatic heterocycles. The largest absolute Gasteiger partial charge is 0.323 e. The van der Waals surface area contributed by atoms with Crippen LogP contribution in [0, 0.1) is 0 Å². The van der Waals surface area contributed by atoms with E-state index in [0.717, 1.165) is 0 Å². The van der Waals surface area contributed by atoms with E-state index in [-0.39, 0.29) is 11.9 Å². The third-order valence-electron chi connectivity index (χ3n) is 4.33. The summed E-state index contributed by atoms with van der Waals surface area (Å²) in [5, 5.41) is 3.91. The quantitative estimate of drug-likeness (QED) is 0.876. The summed E-state index contributed by atoms with van der Waals surface area (Å²) in [6.45, 7) is 1.94. The highest BCUT2D eigenvalue weighted by Crippen LogP contribution is 2.26. The Morgan fingerprint density at radius 1 is 1.29 bits per heavy atom. The van der Waals surface area contributed by atoms with Gasteiger partial charge in [-0.05, 0) is 45.0 Å². The number of hydrogen-bond acceptors (Lipinski definition) is 2. The Kier molecular flexibility index (Phi) is 5.91. The fourth-order valence-electron chi connectivity index (χ4n) is 2.82. The van der Waals surface area contributed by atoms with Gasteiger partial charge in [-0.1, -0.05) is 42.5 Å². The first-order chi connectivity index (χ1) is 9.99. The Hall–Kier alpha value is -0.770. The summed E-state index contributed by atoms with van der Waals surface area (Å²) >= 11 is 12.0. The lowest BCUT2D eigenvalue weighted by Gasteiger charge is -2.34. The molecule has 1 amide bonds. The van der Waals surface area contributed by atoms with Gasteiger partial charge in [0.15, 0.2) is 0 Å². The van der Waals surface area contributed by atoms with E-state index in [2.05, 4.69) is 10.2 Å². The van der Waals surface area contributed by atoms with E-state index in [9.17, 15) is 4.79 Å². The molecule has 116 valence electrons. The summed E-state index contributed by atoms with van der Waals surface area (Å²) in [6.07, 6.45) is 6.18. The van der Waals surface area contributed by atoms with Gasteiger partial charge in [-0.3, -0.25) is 9.69 Å². The van der Waals surface area contributed by atoms with E-state index in [4.69, 9.17) is 23.2 Å². The summed E-state index contributed by atoms with van der Waals surface area (Å²) in [5.74, 6) is -0.0349. The first-order valence-electron chi connectivity index (χ1n) is 7.47. The molecule has 1 aromatic carbocycles. The minimum Gasteiger partial charge on any atom is -0.323 e. The summed E-state index contributed by atoms with van der Waals surface area (Å²) in [5.41, 5.74) is 0.606. The lowest BCUT2D eigenvalue weighted by Crippen LogP contribution is -2.46. The van der Waals surface area contributed by atoms with Gasteiger partial charge < -0.3 is 5.32 Å². The van der Waals surface area contributed by atoms with Crippen molar-refractivity contribution in [1.29, 1.82) is 0 Å².